The van der Waals surface area contributed by atoms with Gasteiger partial charge in [0, 0.05) is 0 Å². The molecule has 4 N–H and O–H groups in total. The Morgan fingerprint density at radius 1 is 0.933 bits per heavy atom. The van der Waals surface area contributed by atoms with Crippen LogP contribution in [0.5, 0.6) is 0 Å². The molecule has 0 bridgehead atoms. The van der Waals surface area contributed by atoms with Crippen LogP contribution in [0.15, 0.2) is 0 Å². The molecular weight excluding hydrogens is 226 g/mol. The molecule has 82 valence electrons. The van der Waals surface area contributed by atoms with E-state index < -0.39 is 36.4 Å². The third-order valence-corrected chi connectivity index (χ3v) is 1.29. The zero-order valence-electron chi connectivity index (χ0n) is 7.81. The maximum Gasteiger partial charge on any atom is 1.00 e. The van der Waals surface area contributed by atoms with E-state index in [9.17, 15) is 14.4 Å². The maximum absolute atomic E-state index is 10.3. The number of hydrogen-bond donors (Lipinski definition) is 4. The second-order valence-corrected chi connectivity index (χ2v) is 2.48. The molecule has 0 saturated heterocycles. The Bertz CT molecular complexity index is 238. The molecule has 0 rings (SSSR count). The summed E-state index contributed by atoms with van der Waals surface area (Å²) in [5.41, 5.74) is -2.74. The first-order chi connectivity index (χ1) is 5.78. The normalized spacial score (nSPS) is 9.40. The fraction of sp³-hybridized carbons (Fsp3) is 0.500. The summed E-state index contributed by atoms with van der Waals surface area (Å²) in [6.45, 7) is 0. The van der Waals surface area contributed by atoms with Crippen molar-refractivity contribution in [2.24, 2.45) is 0 Å². The zero-order chi connectivity index (χ0) is 10.6. The SMILES string of the molecule is O=C(O)CC(O)(CC(=O)O)C(=O)O.[F-].[Na+]. The topological polar surface area (TPSA) is 132 Å². The summed E-state index contributed by atoms with van der Waals surface area (Å²) < 4.78 is 0. The van der Waals surface area contributed by atoms with Crippen molar-refractivity contribution in [1.29, 1.82) is 0 Å². The molecule has 0 fully saturated rings. The summed E-state index contributed by atoms with van der Waals surface area (Å²) in [5.74, 6) is -5.02. The molecule has 0 heterocycles. The van der Waals surface area contributed by atoms with Gasteiger partial charge in [-0.2, -0.15) is 0 Å². The molecule has 0 aliphatic rings. The molecule has 0 unspecified atom stereocenters. The average molecular weight is 234 g/mol. The van der Waals surface area contributed by atoms with E-state index in [2.05, 4.69) is 0 Å². The second-order valence-electron chi connectivity index (χ2n) is 2.48. The van der Waals surface area contributed by atoms with E-state index in [1.807, 2.05) is 0 Å². The van der Waals surface area contributed by atoms with Crippen LogP contribution in [0.25, 0.3) is 0 Å². The number of carboxylic acid groups (broad SMARTS) is 3. The van der Waals surface area contributed by atoms with E-state index in [0.717, 1.165) is 0 Å². The van der Waals surface area contributed by atoms with Crippen molar-refractivity contribution in [3.63, 3.8) is 0 Å². The Morgan fingerprint density at radius 3 is 1.33 bits per heavy atom. The minimum Gasteiger partial charge on any atom is -1.00 e. The molecule has 0 radical (unpaired) electrons. The molecule has 0 aromatic carbocycles. The Labute approximate surface area is 105 Å². The van der Waals surface area contributed by atoms with Crippen LogP contribution in [0.1, 0.15) is 12.8 Å². The van der Waals surface area contributed by atoms with E-state index in [1.54, 1.807) is 0 Å². The summed E-state index contributed by atoms with van der Waals surface area (Å²) in [4.78, 5) is 30.5. The van der Waals surface area contributed by atoms with Crippen molar-refractivity contribution in [2.45, 2.75) is 18.4 Å². The van der Waals surface area contributed by atoms with E-state index in [-0.39, 0.29) is 34.3 Å². The van der Waals surface area contributed by atoms with Crippen molar-refractivity contribution < 1.29 is 69.1 Å². The predicted octanol–water partition coefficient (Wildman–Crippen LogP) is -7.24. The molecule has 0 amide bonds. The second kappa shape index (κ2) is 7.57. The summed E-state index contributed by atoms with van der Waals surface area (Å²) >= 11 is 0. The van der Waals surface area contributed by atoms with Gasteiger partial charge in [-0.25, -0.2) is 4.79 Å². The molecule has 0 saturated carbocycles. The van der Waals surface area contributed by atoms with Crippen LogP contribution >= 0.6 is 0 Å². The number of carboxylic acids is 3. The Hall–Kier alpha value is -0.700. The molecule has 7 nitrogen and oxygen atoms in total. The molecule has 9 heteroatoms. The zero-order valence-corrected chi connectivity index (χ0v) is 9.81. The van der Waals surface area contributed by atoms with Crippen LogP contribution in [-0.2, 0) is 14.4 Å². The number of hydrogen-bond acceptors (Lipinski definition) is 4. The smallest absolute Gasteiger partial charge is 1.00 e. The van der Waals surface area contributed by atoms with Crippen LogP contribution in [0, 0.1) is 0 Å². The van der Waals surface area contributed by atoms with Gasteiger partial charge in [-0.1, -0.05) is 0 Å². The third kappa shape index (κ3) is 7.25. The molecule has 0 atom stereocenters. The predicted molar refractivity (Wildman–Crippen MR) is 37.1 cm³/mol. The van der Waals surface area contributed by atoms with Gasteiger partial charge in [-0.15, -0.1) is 0 Å². The van der Waals surface area contributed by atoms with Crippen LogP contribution in [-0.4, -0.2) is 43.9 Å². The van der Waals surface area contributed by atoms with Crippen molar-refractivity contribution in [2.75, 3.05) is 0 Å². The Balaban J connectivity index is -0.000000720. The van der Waals surface area contributed by atoms with Gasteiger partial charge in [0.2, 0.25) is 0 Å². The standard InChI is InChI=1S/C6H8O7.FH.Na/c7-3(8)1-6(13,5(11)12)2-4(9)10;;/h13H,1-2H2,(H,7,8)(H,9,10)(H,11,12);1H;/q;;+1/p-1. The van der Waals surface area contributed by atoms with Crippen molar-refractivity contribution >= 4 is 17.9 Å². The van der Waals surface area contributed by atoms with Crippen LogP contribution in [0.2, 0.25) is 0 Å². The molecule has 15 heavy (non-hydrogen) atoms. The van der Waals surface area contributed by atoms with E-state index in [4.69, 9.17) is 20.4 Å². The van der Waals surface area contributed by atoms with Crippen molar-refractivity contribution in [3.05, 3.63) is 0 Å². The Kier molecular flexibility index (Phi) is 10.0. The fourth-order valence-corrected chi connectivity index (χ4v) is 0.714. The first kappa shape index (κ1) is 19.8. The van der Waals surface area contributed by atoms with Crippen molar-refractivity contribution in [1.82, 2.24) is 0 Å². The van der Waals surface area contributed by atoms with Crippen LogP contribution < -0.4 is 34.3 Å². The summed E-state index contributed by atoms with van der Waals surface area (Å²) in [7, 11) is 0. The van der Waals surface area contributed by atoms with Gasteiger partial charge in [-0.3, -0.25) is 9.59 Å². The van der Waals surface area contributed by atoms with Gasteiger partial charge in [0.15, 0.2) is 5.60 Å². The first-order valence-electron chi connectivity index (χ1n) is 3.17. The molecular formula is C6H8FNaO7. The number of halogens is 1. The summed E-state index contributed by atoms with van der Waals surface area (Å²) in [5, 5.41) is 33.8. The summed E-state index contributed by atoms with van der Waals surface area (Å²) in [6.07, 6.45) is -2.29. The van der Waals surface area contributed by atoms with E-state index in [1.165, 1.54) is 0 Å². The first-order valence-corrected chi connectivity index (χ1v) is 3.17. The quantitative estimate of drug-likeness (QED) is 0.347. The van der Waals surface area contributed by atoms with Gasteiger partial charge >= 0.3 is 47.5 Å². The number of aliphatic hydroxyl groups is 1. The number of aliphatic carboxylic acids is 3. The van der Waals surface area contributed by atoms with Gasteiger partial charge in [0.25, 0.3) is 0 Å². The summed E-state index contributed by atoms with van der Waals surface area (Å²) in [6, 6.07) is 0. The van der Waals surface area contributed by atoms with Gasteiger partial charge < -0.3 is 25.1 Å². The van der Waals surface area contributed by atoms with Crippen molar-refractivity contribution in [3.8, 4) is 0 Å². The minimum absolute atomic E-state index is 0. The fourth-order valence-electron chi connectivity index (χ4n) is 0.714. The van der Waals surface area contributed by atoms with Crippen LogP contribution in [0.3, 0.4) is 0 Å². The molecule has 0 aromatic rings. The average Bonchev–Trinajstić information content (AvgIpc) is 1.82. The van der Waals surface area contributed by atoms with E-state index >= 15 is 0 Å². The molecule has 0 aliphatic heterocycles. The van der Waals surface area contributed by atoms with Gasteiger partial charge in [-0.05, 0) is 0 Å². The van der Waals surface area contributed by atoms with Gasteiger partial charge in [0.1, 0.15) is 0 Å². The monoisotopic (exact) mass is 234 g/mol. The largest absolute Gasteiger partial charge is 1.00 e. The van der Waals surface area contributed by atoms with Crippen LogP contribution in [0.4, 0.5) is 0 Å². The minimum atomic E-state index is -2.74. The Morgan fingerprint density at radius 2 is 1.20 bits per heavy atom. The third-order valence-electron chi connectivity index (χ3n) is 1.29. The molecule has 0 aliphatic carbocycles. The number of rotatable bonds is 5. The van der Waals surface area contributed by atoms with Gasteiger partial charge in [0.05, 0.1) is 12.8 Å². The van der Waals surface area contributed by atoms with E-state index in [0.29, 0.717) is 0 Å². The molecule has 0 aromatic heterocycles. The maximum atomic E-state index is 10.3. The number of carbonyl (C=O) groups is 3. The molecule has 0 spiro atoms.